The molecular weight excluding hydrogens is 200 g/mol. The first-order valence-electron chi connectivity index (χ1n) is 5.92. The SMILES string of the molecule is COc1ccc([C@H]2OC[C@]3(C)[C@H]2[C@H]3C)cc1. The Morgan fingerprint density at radius 2 is 2.00 bits per heavy atom. The number of benzene rings is 1. The van der Waals surface area contributed by atoms with E-state index in [-0.39, 0.29) is 0 Å². The molecule has 0 amide bonds. The highest BCUT2D eigenvalue weighted by molar-refractivity contribution is 5.31. The van der Waals surface area contributed by atoms with Crippen LogP contribution in [0, 0.1) is 17.3 Å². The van der Waals surface area contributed by atoms with Gasteiger partial charge in [-0.1, -0.05) is 26.0 Å². The van der Waals surface area contributed by atoms with Crippen LogP contribution in [0.15, 0.2) is 24.3 Å². The molecule has 1 heterocycles. The molecule has 2 heteroatoms. The second kappa shape index (κ2) is 3.24. The standard InChI is InChI=1S/C14H18O2/c1-9-12-13(16-8-14(9,12)2)10-4-6-11(15-3)7-5-10/h4-7,9,12-13H,8H2,1-3H3/t9-,12+,13-,14+/m1/s1. The monoisotopic (exact) mass is 218 g/mol. The van der Waals surface area contributed by atoms with Gasteiger partial charge in [-0.25, -0.2) is 0 Å². The maximum atomic E-state index is 5.91. The Balaban J connectivity index is 1.83. The van der Waals surface area contributed by atoms with Gasteiger partial charge in [-0.3, -0.25) is 0 Å². The molecule has 1 saturated carbocycles. The van der Waals surface area contributed by atoms with Crippen molar-refractivity contribution in [3.8, 4) is 5.75 Å². The molecule has 1 aromatic rings. The molecule has 1 aliphatic heterocycles. The summed E-state index contributed by atoms with van der Waals surface area (Å²) in [7, 11) is 1.70. The molecule has 0 radical (unpaired) electrons. The van der Waals surface area contributed by atoms with Crippen molar-refractivity contribution < 1.29 is 9.47 Å². The van der Waals surface area contributed by atoms with Crippen LogP contribution in [-0.4, -0.2) is 13.7 Å². The van der Waals surface area contributed by atoms with Gasteiger partial charge >= 0.3 is 0 Å². The second-order valence-corrected chi connectivity index (χ2v) is 5.33. The van der Waals surface area contributed by atoms with Gasteiger partial charge in [0.1, 0.15) is 5.75 Å². The third-order valence-corrected chi connectivity index (χ3v) is 4.58. The van der Waals surface area contributed by atoms with Gasteiger partial charge in [0.2, 0.25) is 0 Å². The van der Waals surface area contributed by atoms with Crippen molar-refractivity contribution in [2.45, 2.75) is 20.0 Å². The van der Waals surface area contributed by atoms with E-state index >= 15 is 0 Å². The highest BCUT2D eigenvalue weighted by atomic mass is 16.5. The fourth-order valence-electron chi connectivity index (χ4n) is 3.14. The van der Waals surface area contributed by atoms with Crippen molar-refractivity contribution in [3.05, 3.63) is 29.8 Å². The molecule has 3 rings (SSSR count). The van der Waals surface area contributed by atoms with E-state index < -0.39 is 0 Å². The van der Waals surface area contributed by atoms with E-state index in [1.54, 1.807) is 7.11 Å². The molecule has 0 aromatic heterocycles. The average Bonchev–Trinajstić information content (AvgIpc) is 2.70. The predicted octanol–water partition coefficient (Wildman–Crippen LogP) is 3.04. The van der Waals surface area contributed by atoms with Gasteiger partial charge < -0.3 is 9.47 Å². The zero-order chi connectivity index (χ0) is 11.3. The topological polar surface area (TPSA) is 18.5 Å². The van der Waals surface area contributed by atoms with E-state index in [2.05, 4.69) is 26.0 Å². The van der Waals surface area contributed by atoms with E-state index in [9.17, 15) is 0 Å². The van der Waals surface area contributed by atoms with Crippen LogP contribution in [0.5, 0.6) is 5.75 Å². The highest BCUT2D eigenvalue weighted by Crippen LogP contribution is 2.68. The maximum Gasteiger partial charge on any atom is 0.118 e. The molecule has 86 valence electrons. The summed E-state index contributed by atoms with van der Waals surface area (Å²) in [5, 5.41) is 0. The van der Waals surface area contributed by atoms with Crippen LogP contribution in [0.4, 0.5) is 0 Å². The quantitative estimate of drug-likeness (QED) is 0.759. The summed E-state index contributed by atoms with van der Waals surface area (Å²) >= 11 is 0. The fraction of sp³-hybridized carbons (Fsp3) is 0.571. The van der Waals surface area contributed by atoms with Gasteiger partial charge in [0, 0.05) is 5.92 Å². The minimum absolute atomic E-state index is 0.297. The number of methoxy groups -OCH3 is 1. The maximum absolute atomic E-state index is 5.91. The molecular formula is C14H18O2. The summed E-state index contributed by atoms with van der Waals surface area (Å²) < 4.78 is 11.1. The Kier molecular flexibility index (Phi) is 2.05. The van der Waals surface area contributed by atoms with E-state index in [0.29, 0.717) is 17.4 Å². The molecule has 2 fully saturated rings. The molecule has 1 aliphatic carbocycles. The number of fused-ring (bicyclic) bond motifs is 1. The fourth-order valence-corrected chi connectivity index (χ4v) is 3.14. The Morgan fingerprint density at radius 1 is 1.31 bits per heavy atom. The summed E-state index contributed by atoms with van der Waals surface area (Å²) in [6, 6.07) is 8.28. The highest BCUT2D eigenvalue weighted by Gasteiger charge is 2.66. The smallest absolute Gasteiger partial charge is 0.118 e. The number of hydrogen-bond acceptors (Lipinski definition) is 2. The summed E-state index contributed by atoms with van der Waals surface area (Å²) in [5.41, 5.74) is 1.73. The lowest BCUT2D eigenvalue weighted by atomic mass is 10.0. The lowest BCUT2D eigenvalue weighted by Gasteiger charge is -2.14. The van der Waals surface area contributed by atoms with Gasteiger partial charge in [0.05, 0.1) is 19.8 Å². The van der Waals surface area contributed by atoms with E-state index in [1.165, 1.54) is 5.56 Å². The normalized spacial score (nSPS) is 40.6. The van der Waals surface area contributed by atoms with Crippen molar-refractivity contribution in [2.75, 3.05) is 13.7 Å². The molecule has 2 nitrogen and oxygen atoms in total. The largest absolute Gasteiger partial charge is 0.497 e. The molecule has 0 spiro atoms. The molecule has 2 aliphatic rings. The molecule has 0 unspecified atom stereocenters. The predicted molar refractivity (Wildman–Crippen MR) is 62.4 cm³/mol. The number of hydrogen-bond donors (Lipinski definition) is 0. The van der Waals surface area contributed by atoms with Crippen molar-refractivity contribution in [1.82, 2.24) is 0 Å². The van der Waals surface area contributed by atoms with Crippen LogP contribution in [0.25, 0.3) is 0 Å². The van der Waals surface area contributed by atoms with Crippen LogP contribution in [0.1, 0.15) is 25.5 Å². The van der Waals surface area contributed by atoms with Gasteiger partial charge in [0.15, 0.2) is 0 Å². The summed E-state index contributed by atoms with van der Waals surface area (Å²) in [6.07, 6.45) is 0.297. The van der Waals surface area contributed by atoms with Crippen LogP contribution >= 0.6 is 0 Å². The zero-order valence-corrected chi connectivity index (χ0v) is 10.1. The number of ether oxygens (including phenoxy) is 2. The third kappa shape index (κ3) is 1.23. The van der Waals surface area contributed by atoms with E-state index in [4.69, 9.17) is 9.47 Å². The summed E-state index contributed by atoms with van der Waals surface area (Å²) in [5.74, 6) is 2.42. The van der Waals surface area contributed by atoms with E-state index in [0.717, 1.165) is 18.3 Å². The van der Waals surface area contributed by atoms with Gasteiger partial charge in [0.25, 0.3) is 0 Å². The molecule has 1 saturated heterocycles. The summed E-state index contributed by atoms with van der Waals surface area (Å²) in [4.78, 5) is 0. The molecule has 4 atom stereocenters. The van der Waals surface area contributed by atoms with Crippen LogP contribution in [0.3, 0.4) is 0 Å². The minimum Gasteiger partial charge on any atom is -0.497 e. The molecule has 1 aromatic carbocycles. The van der Waals surface area contributed by atoms with Crippen molar-refractivity contribution >= 4 is 0 Å². The number of rotatable bonds is 2. The van der Waals surface area contributed by atoms with Crippen LogP contribution in [0.2, 0.25) is 0 Å². The lowest BCUT2D eigenvalue weighted by molar-refractivity contribution is 0.0605. The first-order chi connectivity index (χ1) is 7.66. The Bertz CT molecular complexity index is 398. The Hall–Kier alpha value is -1.02. The third-order valence-electron chi connectivity index (χ3n) is 4.58. The molecule has 0 N–H and O–H groups in total. The lowest BCUT2D eigenvalue weighted by Crippen LogP contribution is -2.06. The summed E-state index contributed by atoms with van der Waals surface area (Å²) in [6.45, 7) is 5.59. The Labute approximate surface area is 96.6 Å². The molecule has 16 heavy (non-hydrogen) atoms. The van der Waals surface area contributed by atoms with Crippen LogP contribution < -0.4 is 4.74 Å². The van der Waals surface area contributed by atoms with Crippen LogP contribution in [-0.2, 0) is 4.74 Å². The van der Waals surface area contributed by atoms with E-state index in [1.807, 2.05) is 12.1 Å². The van der Waals surface area contributed by atoms with Gasteiger partial charge in [-0.15, -0.1) is 0 Å². The second-order valence-electron chi connectivity index (χ2n) is 5.33. The Morgan fingerprint density at radius 3 is 2.50 bits per heavy atom. The first-order valence-corrected chi connectivity index (χ1v) is 5.92. The van der Waals surface area contributed by atoms with Crippen molar-refractivity contribution in [1.29, 1.82) is 0 Å². The van der Waals surface area contributed by atoms with Gasteiger partial charge in [-0.2, -0.15) is 0 Å². The van der Waals surface area contributed by atoms with Crippen molar-refractivity contribution in [2.24, 2.45) is 17.3 Å². The zero-order valence-electron chi connectivity index (χ0n) is 10.1. The van der Waals surface area contributed by atoms with Crippen molar-refractivity contribution in [3.63, 3.8) is 0 Å². The molecule has 0 bridgehead atoms. The minimum atomic E-state index is 0.297. The first kappa shape index (κ1) is 10.2. The average molecular weight is 218 g/mol. The van der Waals surface area contributed by atoms with Gasteiger partial charge in [-0.05, 0) is 29.0 Å².